The molecule has 3 unspecified atom stereocenters. The molecule has 0 radical (unpaired) electrons. The van der Waals surface area contributed by atoms with Gasteiger partial charge in [-0.05, 0) is 19.8 Å². The first-order valence-corrected chi connectivity index (χ1v) is 6.56. The average molecular weight is 246 g/mol. The second-order valence-corrected chi connectivity index (χ2v) is 4.87. The van der Waals surface area contributed by atoms with Crippen molar-refractivity contribution in [2.75, 3.05) is 0 Å². The van der Waals surface area contributed by atoms with Crippen LogP contribution in [-0.2, 0) is 24.3 Å². The Morgan fingerprint density at radius 1 is 1.18 bits per heavy atom. The van der Waals surface area contributed by atoms with E-state index >= 15 is 0 Å². The molecule has 2 fully saturated rings. The quantitative estimate of drug-likeness (QED) is 0.563. The van der Waals surface area contributed by atoms with Crippen LogP contribution < -0.4 is 0 Å². The van der Waals surface area contributed by atoms with Crippen molar-refractivity contribution in [1.82, 2.24) is 0 Å². The van der Waals surface area contributed by atoms with Gasteiger partial charge in [-0.2, -0.15) is 14.7 Å². The zero-order valence-electron chi connectivity index (χ0n) is 10.6. The molecule has 0 saturated carbocycles. The van der Waals surface area contributed by atoms with Crippen LogP contribution in [0, 0.1) is 0 Å². The Bertz CT molecular complexity index is 235. The molecule has 0 aromatic heterocycles. The number of rotatable bonds is 4. The van der Waals surface area contributed by atoms with E-state index in [0.29, 0.717) is 0 Å². The molecule has 0 aliphatic carbocycles. The highest BCUT2D eigenvalue weighted by molar-refractivity contribution is 4.69. The van der Waals surface area contributed by atoms with Crippen molar-refractivity contribution < 1.29 is 24.3 Å². The maximum absolute atomic E-state index is 5.59. The normalized spacial score (nSPS) is 38.5. The molecule has 2 heterocycles. The Kier molecular flexibility index (Phi) is 4.76. The van der Waals surface area contributed by atoms with E-state index in [2.05, 4.69) is 6.92 Å². The summed E-state index contributed by atoms with van der Waals surface area (Å²) < 4.78 is 5.59. The summed E-state index contributed by atoms with van der Waals surface area (Å²) in [5.74, 6) is -0.699. The van der Waals surface area contributed by atoms with Gasteiger partial charge in [-0.1, -0.05) is 19.8 Å². The van der Waals surface area contributed by atoms with Gasteiger partial charge >= 0.3 is 0 Å². The number of fused-ring (bicyclic) bond motifs is 2. The first kappa shape index (κ1) is 13.2. The molecule has 2 rings (SSSR count). The summed E-state index contributed by atoms with van der Waals surface area (Å²) in [5.41, 5.74) is 0. The number of ether oxygens (including phenoxy) is 1. The summed E-state index contributed by atoms with van der Waals surface area (Å²) >= 11 is 0. The summed E-state index contributed by atoms with van der Waals surface area (Å²) in [6.07, 6.45) is 5.96. The van der Waals surface area contributed by atoms with Crippen LogP contribution in [0.2, 0.25) is 0 Å². The zero-order chi connectivity index (χ0) is 12.1. The van der Waals surface area contributed by atoms with Gasteiger partial charge in [0.2, 0.25) is 12.1 Å². The second-order valence-electron chi connectivity index (χ2n) is 4.87. The summed E-state index contributed by atoms with van der Waals surface area (Å²) in [6.45, 7) is 4.03. The van der Waals surface area contributed by atoms with E-state index in [0.717, 1.165) is 44.9 Å². The monoisotopic (exact) mass is 246 g/mol. The summed E-state index contributed by atoms with van der Waals surface area (Å²) in [5, 5.41) is 0. The third-order valence-electron chi connectivity index (χ3n) is 3.10. The predicted molar refractivity (Wildman–Crippen MR) is 59.4 cm³/mol. The number of hydrogen-bond donors (Lipinski definition) is 0. The molecule has 5 heteroatoms. The molecule has 2 aliphatic rings. The fraction of sp³-hybridized carbons (Fsp3) is 1.00. The molecule has 0 aromatic carbocycles. The molecule has 5 nitrogen and oxygen atoms in total. The van der Waals surface area contributed by atoms with Gasteiger partial charge in [-0.25, -0.2) is 4.89 Å². The largest absolute Gasteiger partial charge is 0.315 e. The first-order valence-electron chi connectivity index (χ1n) is 6.56. The molecule has 0 amide bonds. The minimum absolute atomic E-state index is 0.341. The highest BCUT2D eigenvalue weighted by Gasteiger charge is 2.39. The van der Waals surface area contributed by atoms with E-state index < -0.39 is 12.1 Å². The van der Waals surface area contributed by atoms with Crippen LogP contribution in [0.1, 0.15) is 58.8 Å². The van der Waals surface area contributed by atoms with Crippen LogP contribution in [-0.4, -0.2) is 18.4 Å². The highest BCUT2D eigenvalue weighted by Crippen LogP contribution is 2.33. The molecule has 2 saturated heterocycles. The highest BCUT2D eigenvalue weighted by atomic mass is 17.3. The van der Waals surface area contributed by atoms with Crippen LogP contribution in [0.4, 0.5) is 0 Å². The maximum Gasteiger partial charge on any atom is 0.224 e. The average Bonchev–Trinajstić information content (AvgIpc) is 2.31. The van der Waals surface area contributed by atoms with Crippen LogP contribution in [0.25, 0.3) is 0 Å². The van der Waals surface area contributed by atoms with Crippen LogP contribution in [0.5, 0.6) is 0 Å². The molecule has 17 heavy (non-hydrogen) atoms. The lowest BCUT2D eigenvalue weighted by atomic mass is 10.1. The van der Waals surface area contributed by atoms with Crippen molar-refractivity contribution in [1.29, 1.82) is 0 Å². The Labute approximate surface area is 102 Å². The lowest BCUT2D eigenvalue weighted by Gasteiger charge is -2.39. The van der Waals surface area contributed by atoms with E-state index in [1.165, 1.54) is 0 Å². The number of unbranched alkanes of at least 4 members (excludes halogenated alkanes) is 2. The van der Waals surface area contributed by atoms with Gasteiger partial charge in [0, 0.05) is 19.3 Å². The van der Waals surface area contributed by atoms with Gasteiger partial charge in [0.1, 0.15) is 0 Å². The van der Waals surface area contributed by atoms with E-state index in [4.69, 9.17) is 24.3 Å². The van der Waals surface area contributed by atoms with E-state index in [-0.39, 0.29) is 6.29 Å². The molecule has 0 N–H and O–H groups in total. The summed E-state index contributed by atoms with van der Waals surface area (Å²) in [6, 6.07) is 0. The van der Waals surface area contributed by atoms with Crippen LogP contribution in [0.3, 0.4) is 0 Å². The van der Waals surface area contributed by atoms with Crippen molar-refractivity contribution in [2.45, 2.75) is 77.2 Å². The maximum atomic E-state index is 5.59. The minimum Gasteiger partial charge on any atom is -0.315 e. The van der Waals surface area contributed by atoms with Gasteiger partial charge in [0.25, 0.3) is 0 Å². The molecular formula is C12H22O5. The smallest absolute Gasteiger partial charge is 0.224 e. The fourth-order valence-electron chi connectivity index (χ4n) is 2.07. The third-order valence-corrected chi connectivity index (χ3v) is 3.10. The molecule has 3 atom stereocenters. The first-order chi connectivity index (χ1) is 8.22. The topological polar surface area (TPSA) is 46.2 Å². The van der Waals surface area contributed by atoms with Gasteiger partial charge in [-0.15, -0.1) is 0 Å². The van der Waals surface area contributed by atoms with Crippen molar-refractivity contribution >= 4 is 0 Å². The van der Waals surface area contributed by atoms with Crippen LogP contribution in [0.15, 0.2) is 0 Å². The molecular weight excluding hydrogens is 224 g/mol. The van der Waals surface area contributed by atoms with E-state index in [1.807, 2.05) is 6.92 Å². The molecule has 100 valence electrons. The SMILES string of the molecule is CCCCCC1OOC2CCCC(C)(OO1)O2. The van der Waals surface area contributed by atoms with Gasteiger partial charge in [0.15, 0.2) is 6.29 Å². The lowest BCUT2D eigenvalue weighted by molar-refractivity contribution is -0.581. The van der Waals surface area contributed by atoms with Crippen LogP contribution >= 0.6 is 0 Å². The standard InChI is InChI=1S/C12H22O5/c1-3-4-5-7-11-15-14-10-8-6-9-12(2,13-10)17-16-11/h10-11H,3-9H2,1-2H3. The zero-order valence-corrected chi connectivity index (χ0v) is 10.6. The molecule has 0 aromatic rings. The molecule has 2 bridgehead atoms. The molecule has 2 aliphatic heterocycles. The Balaban J connectivity index is 1.82. The lowest BCUT2D eigenvalue weighted by Crippen LogP contribution is -2.45. The van der Waals surface area contributed by atoms with Gasteiger partial charge < -0.3 is 4.74 Å². The third kappa shape index (κ3) is 3.89. The number of hydrogen-bond acceptors (Lipinski definition) is 5. The Hall–Kier alpha value is -0.200. The van der Waals surface area contributed by atoms with Gasteiger partial charge in [0.05, 0.1) is 0 Å². The summed E-state index contributed by atoms with van der Waals surface area (Å²) in [7, 11) is 0. The van der Waals surface area contributed by atoms with E-state index in [9.17, 15) is 0 Å². The second kappa shape index (κ2) is 6.11. The predicted octanol–water partition coefficient (Wildman–Crippen LogP) is 3.05. The molecule has 0 spiro atoms. The van der Waals surface area contributed by atoms with Gasteiger partial charge in [-0.3, -0.25) is 0 Å². The van der Waals surface area contributed by atoms with Crippen molar-refractivity contribution in [3.63, 3.8) is 0 Å². The minimum atomic E-state index is -0.699. The van der Waals surface area contributed by atoms with Crippen molar-refractivity contribution in [3.05, 3.63) is 0 Å². The fourth-order valence-corrected chi connectivity index (χ4v) is 2.07. The summed E-state index contributed by atoms with van der Waals surface area (Å²) in [4.78, 5) is 21.0. The van der Waals surface area contributed by atoms with Crippen molar-refractivity contribution in [2.24, 2.45) is 0 Å². The van der Waals surface area contributed by atoms with E-state index in [1.54, 1.807) is 0 Å². The Morgan fingerprint density at radius 2 is 2.06 bits per heavy atom. The van der Waals surface area contributed by atoms with Crippen molar-refractivity contribution in [3.8, 4) is 0 Å². The Morgan fingerprint density at radius 3 is 2.88 bits per heavy atom.